The number of ether oxygens (including phenoxy) is 5. The first-order chi connectivity index (χ1) is 31.7. The van der Waals surface area contributed by atoms with E-state index in [0.717, 1.165) is 14.0 Å². The second kappa shape index (κ2) is 24.3. The van der Waals surface area contributed by atoms with Gasteiger partial charge in [0.15, 0.2) is 0 Å². The highest BCUT2D eigenvalue weighted by Crippen LogP contribution is 2.40. The number of aliphatic hydroxyl groups is 2. The summed E-state index contributed by atoms with van der Waals surface area (Å²) < 4.78 is 63.3. The maximum absolute atomic E-state index is 14.5. The minimum atomic E-state index is -4.09. The van der Waals surface area contributed by atoms with Crippen molar-refractivity contribution in [3.63, 3.8) is 0 Å². The second-order valence-corrected chi connectivity index (χ2v) is 22.1. The summed E-state index contributed by atoms with van der Waals surface area (Å²) >= 11 is 2.10. The maximum atomic E-state index is 14.5. The second-order valence-electron chi connectivity index (χ2n) is 19.2. The zero-order valence-corrected chi connectivity index (χ0v) is 43.2. The van der Waals surface area contributed by atoms with Crippen molar-refractivity contribution in [2.24, 2.45) is 29.6 Å². The number of aliphatic hydroxyl groups excluding tert-OH is 1. The number of halogens is 1. The summed E-state index contributed by atoms with van der Waals surface area (Å²) in [5.41, 5.74) is 1.50. The van der Waals surface area contributed by atoms with Gasteiger partial charge in [0.25, 0.3) is 21.8 Å². The van der Waals surface area contributed by atoms with Gasteiger partial charge in [-0.1, -0.05) is 44.6 Å². The number of cyclic esters (lactones) is 1. The first-order valence-electron chi connectivity index (χ1n) is 23.6. The smallest absolute Gasteiger partial charge is 0.329 e. The molecule has 1 saturated carbocycles. The van der Waals surface area contributed by atoms with Crippen molar-refractivity contribution in [3.05, 3.63) is 63.8 Å². The average molecular weight is 1070 g/mol. The first-order valence-corrected chi connectivity index (χ1v) is 26.1. The Hall–Kier alpha value is -2.88. The number of methoxy groups -OCH3 is 3. The summed E-state index contributed by atoms with van der Waals surface area (Å²) in [6, 6.07) is 5.17. The molecule has 3 fully saturated rings. The van der Waals surface area contributed by atoms with Crippen molar-refractivity contribution >= 4 is 56.2 Å². The van der Waals surface area contributed by atoms with Crippen LogP contribution in [-0.4, -0.2) is 129 Å². The van der Waals surface area contributed by atoms with Crippen molar-refractivity contribution in [1.29, 1.82) is 0 Å². The van der Waals surface area contributed by atoms with E-state index >= 15 is 0 Å². The molecule has 3 aliphatic heterocycles. The fraction of sp³-hybridized carbons (Fsp3) is 0.680. The lowest BCUT2D eigenvalue weighted by Gasteiger charge is -2.47. The number of carbonyl (C=O) groups is 4. The van der Waals surface area contributed by atoms with Gasteiger partial charge in [-0.25, -0.2) is 4.79 Å². The minimum Gasteiger partial charge on any atom is -0.456 e. The van der Waals surface area contributed by atoms with Gasteiger partial charge in [-0.15, -0.1) is 6.58 Å². The van der Waals surface area contributed by atoms with Crippen molar-refractivity contribution in [2.75, 3.05) is 27.9 Å². The van der Waals surface area contributed by atoms with E-state index in [4.69, 9.17) is 27.9 Å². The van der Waals surface area contributed by atoms with Gasteiger partial charge in [-0.2, -0.15) is 8.42 Å². The van der Waals surface area contributed by atoms with Crippen LogP contribution in [-0.2, 0) is 57.2 Å². The summed E-state index contributed by atoms with van der Waals surface area (Å²) in [5, 5.41) is 24.0. The van der Waals surface area contributed by atoms with E-state index in [-0.39, 0.29) is 48.3 Å². The number of rotatable bonds is 10. The van der Waals surface area contributed by atoms with Crippen LogP contribution in [0.1, 0.15) is 105 Å². The van der Waals surface area contributed by atoms with Crippen LogP contribution in [0.25, 0.3) is 0 Å². The molecule has 2 N–H and O–H groups in total. The Morgan fingerprint density at radius 3 is 2.22 bits per heavy atom. The van der Waals surface area contributed by atoms with Crippen LogP contribution in [0.2, 0.25) is 0 Å². The molecule has 5 rings (SSSR count). The normalized spacial score (nSPS) is 36.8. The molecule has 67 heavy (non-hydrogen) atoms. The summed E-state index contributed by atoms with van der Waals surface area (Å²) in [6.45, 7) is 13.0. The number of piperidine rings is 1. The molecule has 3 heterocycles. The summed E-state index contributed by atoms with van der Waals surface area (Å²) in [4.78, 5) is 58.5. The van der Waals surface area contributed by atoms with Crippen LogP contribution in [0.4, 0.5) is 0 Å². The Morgan fingerprint density at radius 1 is 0.925 bits per heavy atom. The third-order valence-corrected chi connectivity index (χ3v) is 16.3. The molecular formula is C50H72INO14S. The number of ketones is 2. The molecule has 4 aliphatic rings. The topological polar surface area (TPSA) is 201 Å². The van der Waals surface area contributed by atoms with Gasteiger partial charge in [0.2, 0.25) is 5.79 Å². The van der Waals surface area contributed by atoms with Gasteiger partial charge in [-0.05, 0) is 142 Å². The highest BCUT2D eigenvalue weighted by atomic mass is 127. The third-order valence-electron chi connectivity index (χ3n) is 14.2. The molecular weight excluding hydrogens is 998 g/mol. The quantitative estimate of drug-likeness (QED) is 0.0829. The molecule has 2 saturated heterocycles. The van der Waals surface area contributed by atoms with E-state index in [0.29, 0.717) is 56.9 Å². The molecule has 0 aromatic heterocycles. The van der Waals surface area contributed by atoms with Crippen molar-refractivity contribution in [1.82, 2.24) is 4.90 Å². The molecule has 1 amide bonds. The number of Topliss-reactive ketones (excluding diaryl/α,β-unsaturated/α-hetero) is 2. The molecule has 15 nitrogen and oxygen atoms in total. The van der Waals surface area contributed by atoms with E-state index in [1.165, 1.54) is 33.5 Å². The molecule has 14 unspecified atom stereocenters. The van der Waals surface area contributed by atoms with E-state index in [1.807, 2.05) is 26.0 Å². The lowest BCUT2D eigenvalue weighted by molar-refractivity contribution is -0.302. The molecule has 1 aliphatic carbocycles. The predicted octanol–water partition coefficient (Wildman–Crippen LogP) is 6.66. The van der Waals surface area contributed by atoms with E-state index in [2.05, 4.69) is 29.2 Å². The first kappa shape index (κ1) is 55.1. The van der Waals surface area contributed by atoms with Crippen LogP contribution in [0, 0.1) is 33.2 Å². The molecule has 0 spiro atoms. The van der Waals surface area contributed by atoms with Gasteiger partial charge in [-0.3, -0.25) is 18.6 Å². The fourth-order valence-corrected chi connectivity index (χ4v) is 11.8. The number of nitrogens with zero attached hydrogens (tertiary/aromatic N) is 1. The number of hydrogen-bond donors (Lipinski definition) is 2. The third kappa shape index (κ3) is 13.5. The molecule has 1 aromatic rings. The lowest BCUT2D eigenvalue weighted by atomic mass is 9.81. The van der Waals surface area contributed by atoms with Crippen LogP contribution >= 0.6 is 22.6 Å². The summed E-state index contributed by atoms with van der Waals surface area (Å²) in [5.74, 6) is -8.33. The Bertz CT molecular complexity index is 2080. The van der Waals surface area contributed by atoms with E-state index < -0.39 is 100 Å². The number of fused-ring (bicyclic) bond motifs is 3. The monoisotopic (exact) mass is 1070 g/mol. The zero-order valence-electron chi connectivity index (χ0n) is 40.3. The number of hydrogen-bond acceptors (Lipinski definition) is 14. The van der Waals surface area contributed by atoms with Crippen molar-refractivity contribution in [2.45, 2.75) is 165 Å². The van der Waals surface area contributed by atoms with Crippen LogP contribution in [0.3, 0.4) is 0 Å². The minimum absolute atomic E-state index is 0.0210. The molecule has 374 valence electrons. The van der Waals surface area contributed by atoms with Crippen molar-refractivity contribution < 1.29 is 65.7 Å². The molecule has 2 bridgehead atoms. The standard InChI is InChI=1S/C50H72INO14S/c1-10-13-35-23-29(2)22-30(3)24-43(62-8)46-44(63-9)26-32(5)50(58,65-46)47(55)48(56)52-21-12-11-14-38(52)49(57)64-45(33(6)39(53)28-40(35)54)31(4)25-34-15-20-41(42(27-34)61-7)66-67(59,60)37-18-16-36(51)17-19-37/h10,16-19,23,25,30,32-35,38-39,41-46,53,58H,1,11-15,20-22,24,26-28H2,2-9H3/b29-23-,31-25+. The fourth-order valence-electron chi connectivity index (χ4n) is 10.3. The van der Waals surface area contributed by atoms with Crippen LogP contribution in [0.15, 0.2) is 65.1 Å². The Morgan fingerprint density at radius 2 is 1.58 bits per heavy atom. The number of benzene rings is 1. The Balaban J connectivity index is 1.49. The predicted molar refractivity (Wildman–Crippen MR) is 258 cm³/mol. The SMILES string of the molecule is C=CCC1/C=C(/C)CC(C)CC(OC)C2OC(O)(C(=O)C(=O)N3CCCCC3C(=O)OC(/C(C)=C/C3CCC(OS(=O)(=O)c4ccc(I)cc4)C(OC)C3)C(C)C(O)CC1=O)C(C)CC2OC. The summed E-state index contributed by atoms with van der Waals surface area (Å²) in [7, 11) is 0.437. The number of allylic oxidation sites excluding steroid dienone is 4. The molecule has 14 atom stereocenters. The number of esters is 1. The largest absolute Gasteiger partial charge is 0.456 e. The van der Waals surface area contributed by atoms with Gasteiger partial charge in [0.05, 0.1) is 29.3 Å². The Labute approximate surface area is 410 Å². The van der Waals surface area contributed by atoms with E-state index in [1.54, 1.807) is 39.0 Å². The van der Waals surface area contributed by atoms with Crippen LogP contribution in [0.5, 0.6) is 0 Å². The zero-order chi connectivity index (χ0) is 49.4. The molecule has 1 aromatic carbocycles. The number of carbonyl (C=O) groups excluding carboxylic acids is 4. The molecule has 0 radical (unpaired) electrons. The van der Waals surface area contributed by atoms with Gasteiger partial charge in [0.1, 0.15) is 30.1 Å². The highest BCUT2D eigenvalue weighted by Gasteiger charge is 2.56. The average Bonchev–Trinajstić information content (AvgIpc) is 3.29. The Kier molecular flexibility index (Phi) is 20.0. The van der Waals surface area contributed by atoms with Gasteiger partial charge >= 0.3 is 5.97 Å². The lowest BCUT2D eigenvalue weighted by Crippen LogP contribution is -2.64. The highest BCUT2D eigenvalue weighted by molar-refractivity contribution is 14.1. The maximum Gasteiger partial charge on any atom is 0.329 e. The van der Waals surface area contributed by atoms with E-state index in [9.17, 15) is 37.8 Å². The molecule has 17 heteroatoms. The van der Waals surface area contributed by atoms with Gasteiger partial charge in [0, 0.05) is 55.6 Å². The van der Waals surface area contributed by atoms with Crippen LogP contribution < -0.4 is 0 Å². The summed E-state index contributed by atoms with van der Waals surface area (Å²) in [6.07, 6.45) is 3.33. The number of amides is 1. The van der Waals surface area contributed by atoms with Gasteiger partial charge < -0.3 is 38.8 Å². The van der Waals surface area contributed by atoms with Crippen molar-refractivity contribution in [3.8, 4) is 0 Å².